The summed E-state index contributed by atoms with van der Waals surface area (Å²) in [6, 6.07) is 13.0. The van der Waals surface area contributed by atoms with Crippen molar-refractivity contribution in [2.45, 2.75) is 0 Å². The molecule has 3 rings (SSSR count). The number of aromatic amines is 1. The van der Waals surface area contributed by atoms with Gasteiger partial charge in [0.1, 0.15) is 11.4 Å². The van der Waals surface area contributed by atoms with Gasteiger partial charge in [0, 0.05) is 18.0 Å². The summed E-state index contributed by atoms with van der Waals surface area (Å²) < 4.78 is 0. The summed E-state index contributed by atoms with van der Waals surface area (Å²) in [6.45, 7) is 0. The lowest BCUT2D eigenvalue weighted by atomic mass is 10.1. The largest absolute Gasteiger partial charge is 0.506 e. The lowest BCUT2D eigenvalue weighted by molar-refractivity contribution is 0.475. The normalized spacial score (nSPS) is 10.4. The molecule has 0 fully saturated rings. The minimum absolute atomic E-state index is 0.187. The Morgan fingerprint density at radius 1 is 0.889 bits per heavy atom. The molecule has 2 aromatic heterocycles. The van der Waals surface area contributed by atoms with Crippen molar-refractivity contribution in [2.75, 3.05) is 0 Å². The molecule has 0 atom stereocenters. The highest BCUT2D eigenvalue weighted by Crippen LogP contribution is 2.27. The van der Waals surface area contributed by atoms with Gasteiger partial charge in [0.25, 0.3) is 0 Å². The van der Waals surface area contributed by atoms with Gasteiger partial charge < -0.3 is 5.11 Å². The van der Waals surface area contributed by atoms with Gasteiger partial charge in [-0.3, -0.25) is 10.1 Å². The van der Waals surface area contributed by atoms with Crippen molar-refractivity contribution in [1.29, 1.82) is 0 Å². The Morgan fingerprint density at radius 2 is 1.67 bits per heavy atom. The van der Waals surface area contributed by atoms with Gasteiger partial charge in [-0.05, 0) is 23.8 Å². The Bertz CT molecular complexity index is 645. The smallest absolute Gasteiger partial charge is 0.141 e. The van der Waals surface area contributed by atoms with Crippen LogP contribution in [0.4, 0.5) is 0 Å². The first-order valence-electron chi connectivity index (χ1n) is 5.59. The Labute approximate surface area is 104 Å². The molecule has 0 bridgehead atoms. The summed E-state index contributed by atoms with van der Waals surface area (Å²) in [4.78, 5) is 4.17. The summed E-state index contributed by atoms with van der Waals surface area (Å²) in [7, 11) is 0. The number of nitrogens with zero attached hydrogens (tertiary/aromatic N) is 2. The van der Waals surface area contributed by atoms with E-state index in [0.29, 0.717) is 5.69 Å². The first-order valence-corrected chi connectivity index (χ1v) is 5.59. The third-order valence-corrected chi connectivity index (χ3v) is 2.76. The topological polar surface area (TPSA) is 61.8 Å². The van der Waals surface area contributed by atoms with E-state index in [2.05, 4.69) is 15.2 Å². The molecule has 2 N–H and O–H groups in total. The van der Waals surface area contributed by atoms with Crippen LogP contribution in [0.3, 0.4) is 0 Å². The predicted octanol–water partition coefficient (Wildman–Crippen LogP) is 2.84. The molecule has 0 unspecified atom stereocenters. The quantitative estimate of drug-likeness (QED) is 0.720. The Morgan fingerprint density at radius 3 is 2.33 bits per heavy atom. The zero-order valence-corrected chi connectivity index (χ0v) is 9.54. The van der Waals surface area contributed by atoms with Gasteiger partial charge in [0.15, 0.2) is 0 Å². The fraction of sp³-hybridized carbons (Fsp3) is 0. The van der Waals surface area contributed by atoms with E-state index in [1.165, 1.54) is 0 Å². The van der Waals surface area contributed by atoms with Crippen LogP contribution >= 0.6 is 0 Å². The molecule has 0 aliphatic carbocycles. The summed E-state index contributed by atoms with van der Waals surface area (Å²) in [6.07, 6.45) is 3.38. The van der Waals surface area contributed by atoms with Crippen LogP contribution in [0.25, 0.3) is 22.5 Å². The minimum Gasteiger partial charge on any atom is -0.506 e. The molecule has 1 aromatic carbocycles. The fourth-order valence-electron chi connectivity index (χ4n) is 1.84. The molecule has 0 amide bonds. The molecule has 0 saturated carbocycles. The Balaban J connectivity index is 1.99. The molecule has 0 aliphatic rings. The summed E-state index contributed by atoms with van der Waals surface area (Å²) in [5.41, 5.74) is 3.49. The zero-order valence-electron chi connectivity index (χ0n) is 9.54. The standard InChI is InChI=1S/C14H11N3O/c18-13-2-1-8-15-14(13)11-5-3-10(4-6-11)12-7-9-16-17-12/h1-9,18H,(H,16,17). The van der Waals surface area contributed by atoms with E-state index < -0.39 is 0 Å². The number of aromatic nitrogens is 3. The molecule has 18 heavy (non-hydrogen) atoms. The van der Waals surface area contributed by atoms with Crippen LogP contribution in [0.1, 0.15) is 0 Å². The first-order chi connectivity index (χ1) is 8.84. The van der Waals surface area contributed by atoms with E-state index in [1.54, 1.807) is 24.5 Å². The number of hydrogen-bond donors (Lipinski definition) is 2. The van der Waals surface area contributed by atoms with E-state index in [4.69, 9.17) is 0 Å². The predicted molar refractivity (Wildman–Crippen MR) is 68.9 cm³/mol. The van der Waals surface area contributed by atoms with Crippen LogP contribution in [0.2, 0.25) is 0 Å². The maximum Gasteiger partial charge on any atom is 0.141 e. The van der Waals surface area contributed by atoms with Crippen LogP contribution in [-0.4, -0.2) is 20.3 Å². The highest BCUT2D eigenvalue weighted by Gasteiger charge is 2.05. The number of rotatable bonds is 2. The number of H-pyrrole nitrogens is 1. The highest BCUT2D eigenvalue weighted by molar-refractivity contribution is 5.69. The molecule has 0 saturated heterocycles. The van der Waals surface area contributed by atoms with E-state index in [9.17, 15) is 5.11 Å². The Kier molecular flexibility index (Phi) is 2.53. The van der Waals surface area contributed by atoms with Gasteiger partial charge in [0.2, 0.25) is 0 Å². The molecular weight excluding hydrogens is 226 g/mol. The first kappa shape index (κ1) is 10.5. The lowest BCUT2D eigenvalue weighted by Gasteiger charge is -2.04. The molecule has 4 heteroatoms. The molecule has 3 aromatic rings. The molecule has 0 spiro atoms. The van der Waals surface area contributed by atoms with E-state index in [0.717, 1.165) is 16.8 Å². The van der Waals surface area contributed by atoms with Crippen LogP contribution in [0.5, 0.6) is 5.75 Å². The second-order valence-corrected chi connectivity index (χ2v) is 3.92. The van der Waals surface area contributed by atoms with Crippen molar-refractivity contribution in [3.8, 4) is 28.3 Å². The average molecular weight is 237 g/mol. The van der Waals surface area contributed by atoms with E-state index in [1.807, 2.05) is 30.3 Å². The van der Waals surface area contributed by atoms with Crippen LogP contribution in [0, 0.1) is 0 Å². The van der Waals surface area contributed by atoms with Crippen LogP contribution in [0.15, 0.2) is 54.9 Å². The number of benzene rings is 1. The Hall–Kier alpha value is -2.62. The van der Waals surface area contributed by atoms with Gasteiger partial charge >= 0.3 is 0 Å². The monoisotopic (exact) mass is 237 g/mol. The molecule has 0 aliphatic heterocycles. The third kappa shape index (κ3) is 1.84. The molecule has 4 nitrogen and oxygen atoms in total. The lowest BCUT2D eigenvalue weighted by Crippen LogP contribution is -1.84. The maximum absolute atomic E-state index is 9.74. The summed E-state index contributed by atoms with van der Waals surface area (Å²) in [5, 5.41) is 16.6. The van der Waals surface area contributed by atoms with Crippen molar-refractivity contribution in [3.63, 3.8) is 0 Å². The zero-order chi connectivity index (χ0) is 12.4. The molecule has 0 radical (unpaired) electrons. The van der Waals surface area contributed by atoms with Crippen molar-refractivity contribution in [2.24, 2.45) is 0 Å². The fourth-order valence-corrected chi connectivity index (χ4v) is 1.84. The maximum atomic E-state index is 9.74. The molecular formula is C14H11N3O. The number of nitrogens with one attached hydrogen (secondary N) is 1. The minimum atomic E-state index is 0.187. The molecule has 2 heterocycles. The molecule has 88 valence electrons. The van der Waals surface area contributed by atoms with Crippen LogP contribution in [-0.2, 0) is 0 Å². The van der Waals surface area contributed by atoms with Gasteiger partial charge in [-0.15, -0.1) is 0 Å². The highest BCUT2D eigenvalue weighted by atomic mass is 16.3. The summed E-state index contributed by atoms with van der Waals surface area (Å²) in [5.74, 6) is 0.187. The van der Waals surface area contributed by atoms with Crippen molar-refractivity contribution in [1.82, 2.24) is 15.2 Å². The van der Waals surface area contributed by atoms with Crippen molar-refractivity contribution < 1.29 is 5.11 Å². The second kappa shape index (κ2) is 4.33. The number of hydrogen-bond acceptors (Lipinski definition) is 3. The SMILES string of the molecule is Oc1cccnc1-c1ccc(-c2ccn[nH]2)cc1. The van der Waals surface area contributed by atoms with Crippen molar-refractivity contribution in [3.05, 3.63) is 54.9 Å². The summed E-state index contributed by atoms with van der Waals surface area (Å²) >= 11 is 0. The average Bonchev–Trinajstić information content (AvgIpc) is 2.94. The van der Waals surface area contributed by atoms with Gasteiger partial charge in [0.05, 0.1) is 5.69 Å². The second-order valence-electron chi connectivity index (χ2n) is 3.92. The van der Waals surface area contributed by atoms with Crippen molar-refractivity contribution >= 4 is 0 Å². The van der Waals surface area contributed by atoms with Gasteiger partial charge in [-0.25, -0.2) is 0 Å². The third-order valence-electron chi connectivity index (χ3n) is 2.76. The van der Waals surface area contributed by atoms with E-state index >= 15 is 0 Å². The number of aromatic hydroxyl groups is 1. The number of pyridine rings is 1. The van der Waals surface area contributed by atoms with Crippen LogP contribution < -0.4 is 0 Å². The van der Waals surface area contributed by atoms with Gasteiger partial charge in [-0.1, -0.05) is 24.3 Å². The van der Waals surface area contributed by atoms with E-state index in [-0.39, 0.29) is 5.75 Å². The van der Waals surface area contributed by atoms with Gasteiger partial charge in [-0.2, -0.15) is 5.10 Å².